The van der Waals surface area contributed by atoms with Gasteiger partial charge in [0.1, 0.15) is 11.5 Å². The molecule has 2 amide bonds. The van der Waals surface area contributed by atoms with Crippen molar-refractivity contribution < 1.29 is 19.1 Å². The van der Waals surface area contributed by atoms with E-state index >= 15 is 0 Å². The molecule has 0 bridgehead atoms. The van der Waals surface area contributed by atoms with Gasteiger partial charge < -0.3 is 9.47 Å². The van der Waals surface area contributed by atoms with Crippen LogP contribution in [0.15, 0.2) is 72.8 Å². The summed E-state index contributed by atoms with van der Waals surface area (Å²) >= 11 is 0. The third-order valence-corrected chi connectivity index (χ3v) is 4.74. The quantitative estimate of drug-likeness (QED) is 0.414. The molecular weight excluding hydrogens is 392 g/mol. The highest BCUT2D eigenvalue weighted by Crippen LogP contribution is 2.22. The molecule has 0 aliphatic rings. The maximum Gasteiger partial charge on any atom is 0.269 e. The molecule has 0 fully saturated rings. The Morgan fingerprint density at radius 2 is 1.16 bits per heavy atom. The Balaban J connectivity index is 1.53. The lowest BCUT2D eigenvalue weighted by molar-refractivity contribution is 0.0846. The minimum atomic E-state index is -0.400. The average molecular weight is 418 g/mol. The van der Waals surface area contributed by atoms with Gasteiger partial charge in [0, 0.05) is 11.1 Å². The number of amides is 2. The normalized spacial score (nSPS) is 10.3. The van der Waals surface area contributed by atoms with E-state index in [2.05, 4.69) is 17.8 Å². The number of rotatable bonds is 8. The number of carbonyl (C=O) groups excluding carboxylic acids is 2. The van der Waals surface area contributed by atoms with Gasteiger partial charge in [-0.1, -0.05) is 37.6 Å². The van der Waals surface area contributed by atoms with E-state index in [4.69, 9.17) is 9.47 Å². The maximum atomic E-state index is 12.4. The Labute approximate surface area is 182 Å². The van der Waals surface area contributed by atoms with Crippen molar-refractivity contribution in [2.75, 3.05) is 13.7 Å². The van der Waals surface area contributed by atoms with E-state index < -0.39 is 11.8 Å². The first kappa shape index (κ1) is 21.9. The number of ether oxygens (including phenoxy) is 2. The summed E-state index contributed by atoms with van der Waals surface area (Å²) in [6.45, 7) is 2.75. The van der Waals surface area contributed by atoms with Gasteiger partial charge in [0.2, 0.25) is 0 Å². The van der Waals surface area contributed by atoms with Crippen LogP contribution in [0.4, 0.5) is 0 Å². The number of benzene rings is 3. The number of hydrogen-bond donors (Lipinski definition) is 2. The molecule has 0 spiro atoms. The molecule has 6 heteroatoms. The molecule has 0 aliphatic heterocycles. The molecule has 0 atom stereocenters. The fourth-order valence-corrected chi connectivity index (χ4v) is 2.89. The maximum absolute atomic E-state index is 12.4. The molecule has 0 saturated heterocycles. The number of carbonyl (C=O) groups is 2. The van der Waals surface area contributed by atoms with E-state index in [0.29, 0.717) is 23.5 Å². The van der Waals surface area contributed by atoms with Gasteiger partial charge in [0.15, 0.2) is 0 Å². The largest absolute Gasteiger partial charge is 0.497 e. The first-order chi connectivity index (χ1) is 15.1. The van der Waals surface area contributed by atoms with Crippen molar-refractivity contribution in [3.63, 3.8) is 0 Å². The van der Waals surface area contributed by atoms with Gasteiger partial charge in [0.25, 0.3) is 11.8 Å². The lowest BCUT2D eigenvalue weighted by Gasteiger charge is -2.09. The van der Waals surface area contributed by atoms with Crippen LogP contribution in [0.3, 0.4) is 0 Å². The average Bonchev–Trinajstić information content (AvgIpc) is 2.83. The van der Waals surface area contributed by atoms with E-state index in [1.807, 2.05) is 36.4 Å². The molecule has 2 N–H and O–H groups in total. The second-order valence-corrected chi connectivity index (χ2v) is 6.94. The second kappa shape index (κ2) is 10.8. The van der Waals surface area contributed by atoms with Crippen molar-refractivity contribution >= 4 is 11.8 Å². The summed E-state index contributed by atoms with van der Waals surface area (Å²) in [6, 6.07) is 21.6. The van der Waals surface area contributed by atoms with E-state index in [-0.39, 0.29) is 0 Å². The lowest BCUT2D eigenvalue weighted by Crippen LogP contribution is -2.41. The van der Waals surface area contributed by atoms with Gasteiger partial charge >= 0.3 is 0 Å². The van der Waals surface area contributed by atoms with Crippen LogP contribution in [0.25, 0.3) is 11.1 Å². The van der Waals surface area contributed by atoms with E-state index in [1.165, 1.54) is 0 Å². The van der Waals surface area contributed by atoms with Crippen molar-refractivity contribution in [3.8, 4) is 22.6 Å². The molecule has 6 nitrogen and oxygen atoms in total. The van der Waals surface area contributed by atoms with Crippen molar-refractivity contribution in [1.29, 1.82) is 0 Å². The molecule has 3 aromatic rings. The zero-order valence-corrected chi connectivity index (χ0v) is 17.7. The van der Waals surface area contributed by atoms with Crippen LogP contribution in [-0.4, -0.2) is 25.5 Å². The van der Waals surface area contributed by atoms with E-state index in [0.717, 1.165) is 29.7 Å². The van der Waals surface area contributed by atoms with Gasteiger partial charge in [-0.15, -0.1) is 0 Å². The molecule has 0 saturated carbocycles. The third-order valence-electron chi connectivity index (χ3n) is 4.74. The summed E-state index contributed by atoms with van der Waals surface area (Å²) in [5.74, 6) is 0.706. The molecule has 0 aromatic heterocycles. The van der Waals surface area contributed by atoms with Crippen LogP contribution < -0.4 is 20.3 Å². The molecule has 0 unspecified atom stereocenters. The zero-order valence-electron chi connectivity index (χ0n) is 17.7. The molecule has 3 rings (SSSR count). The molecule has 0 aliphatic carbocycles. The molecule has 3 aromatic carbocycles. The fraction of sp³-hybridized carbons (Fsp3) is 0.200. The summed E-state index contributed by atoms with van der Waals surface area (Å²) in [6.07, 6.45) is 2.04. The summed E-state index contributed by atoms with van der Waals surface area (Å²) in [7, 11) is 1.62. The summed E-state index contributed by atoms with van der Waals surface area (Å²) in [5, 5.41) is 0. The smallest absolute Gasteiger partial charge is 0.269 e. The van der Waals surface area contributed by atoms with Crippen molar-refractivity contribution in [2.24, 2.45) is 0 Å². The van der Waals surface area contributed by atoms with Crippen LogP contribution in [0.1, 0.15) is 40.5 Å². The third kappa shape index (κ3) is 6.09. The Morgan fingerprint density at radius 1 is 0.710 bits per heavy atom. The molecule has 0 heterocycles. The SMILES string of the molecule is CCCCOc1ccc(C(=O)NNC(=O)c2ccc(-c3ccc(OC)cc3)cc2)cc1. The Hall–Kier alpha value is -3.80. The molecule has 0 radical (unpaired) electrons. The first-order valence-corrected chi connectivity index (χ1v) is 10.2. The predicted octanol–water partition coefficient (Wildman–Crippen LogP) is 4.62. The van der Waals surface area contributed by atoms with Crippen LogP contribution in [-0.2, 0) is 0 Å². The van der Waals surface area contributed by atoms with Crippen LogP contribution in [0.5, 0.6) is 11.5 Å². The van der Waals surface area contributed by atoms with Crippen LogP contribution in [0, 0.1) is 0 Å². The lowest BCUT2D eigenvalue weighted by atomic mass is 10.0. The fourth-order valence-electron chi connectivity index (χ4n) is 2.89. The zero-order chi connectivity index (χ0) is 22.1. The van der Waals surface area contributed by atoms with Crippen LogP contribution >= 0.6 is 0 Å². The monoisotopic (exact) mass is 418 g/mol. The van der Waals surface area contributed by atoms with Gasteiger partial charge in [-0.05, 0) is 66.1 Å². The minimum Gasteiger partial charge on any atom is -0.497 e. The predicted molar refractivity (Wildman–Crippen MR) is 120 cm³/mol. The number of nitrogens with one attached hydrogen (secondary N) is 2. The van der Waals surface area contributed by atoms with Gasteiger partial charge in [-0.25, -0.2) is 0 Å². The summed E-state index contributed by atoms with van der Waals surface area (Å²) in [5.41, 5.74) is 7.74. The molecule has 31 heavy (non-hydrogen) atoms. The Bertz CT molecular complexity index is 997. The molecule has 160 valence electrons. The molecular formula is C25H26N2O4. The highest BCUT2D eigenvalue weighted by Gasteiger charge is 2.10. The highest BCUT2D eigenvalue weighted by atomic mass is 16.5. The second-order valence-electron chi connectivity index (χ2n) is 6.94. The highest BCUT2D eigenvalue weighted by molar-refractivity contribution is 5.99. The van der Waals surface area contributed by atoms with Crippen molar-refractivity contribution in [3.05, 3.63) is 83.9 Å². The number of hydrazine groups is 1. The number of unbranched alkanes of at least 4 members (excludes halogenated alkanes) is 1. The Morgan fingerprint density at radius 3 is 1.65 bits per heavy atom. The van der Waals surface area contributed by atoms with Crippen molar-refractivity contribution in [1.82, 2.24) is 10.9 Å². The number of hydrogen-bond acceptors (Lipinski definition) is 4. The minimum absolute atomic E-state index is 0.394. The van der Waals surface area contributed by atoms with Crippen molar-refractivity contribution in [2.45, 2.75) is 19.8 Å². The van der Waals surface area contributed by atoms with E-state index in [1.54, 1.807) is 43.5 Å². The standard InChI is InChI=1S/C25H26N2O4/c1-3-4-17-31-23-15-11-21(12-16-23)25(29)27-26-24(28)20-7-5-18(6-8-20)19-9-13-22(30-2)14-10-19/h5-16H,3-4,17H2,1-2H3,(H,26,28)(H,27,29). The van der Waals surface area contributed by atoms with Gasteiger partial charge in [-0.2, -0.15) is 0 Å². The Kier molecular flexibility index (Phi) is 7.65. The van der Waals surface area contributed by atoms with E-state index in [9.17, 15) is 9.59 Å². The van der Waals surface area contributed by atoms with Gasteiger partial charge in [-0.3, -0.25) is 20.4 Å². The summed E-state index contributed by atoms with van der Waals surface area (Å²) < 4.78 is 10.7. The summed E-state index contributed by atoms with van der Waals surface area (Å²) in [4.78, 5) is 24.6. The topological polar surface area (TPSA) is 76.7 Å². The van der Waals surface area contributed by atoms with Crippen LogP contribution in [0.2, 0.25) is 0 Å². The number of methoxy groups -OCH3 is 1. The van der Waals surface area contributed by atoms with Gasteiger partial charge in [0.05, 0.1) is 13.7 Å². The first-order valence-electron chi connectivity index (χ1n) is 10.2.